The molecule has 0 aromatic carbocycles. The third kappa shape index (κ3) is 45.8. The van der Waals surface area contributed by atoms with Gasteiger partial charge in [-0.05, 0) is 0 Å². The molecule has 0 spiro atoms. The molecule has 0 unspecified atom stereocenters. The van der Waals surface area contributed by atoms with Gasteiger partial charge in [-0.15, -0.1) is 12.4 Å². The molecule has 0 N–H and O–H groups in total. The van der Waals surface area contributed by atoms with E-state index in [4.69, 9.17) is 0 Å². The molecule has 0 aromatic rings. The van der Waals surface area contributed by atoms with Crippen LogP contribution in [0, 0.1) is 0 Å². The Kier molecular flexibility index (Phi) is 348. The van der Waals surface area contributed by atoms with Crippen molar-refractivity contribution in [1.29, 1.82) is 0 Å². The van der Waals surface area contributed by atoms with Gasteiger partial charge < -0.3 is 0 Å². The molecule has 0 aliphatic rings. The molecule has 0 fully saturated rings. The minimum atomic E-state index is 0. The Bertz CT molecular complexity index is 4.53. The van der Waals surface area contributed by atoms with E-state index in [1.54, 1.807) is 0 Å². The van der Waals surface area contributed by atoms with Gasteiger partial charge in [-0.25, -0.2) is 0 Å². The Balaban J connectivity index is 0. The Morgan fingerprint density at radius 1 is 0.222 bits per heavy atom. The third-order valence-electron chi connectivity index (χ3n) is 0. The van der Waals surface area contributed by atoms with Crippen LogP contribution >= 0.6 is 12.4 Å². The summed E-state index contributed by atoms with van der Waals surface area (Å²) in [4.78, 5) is 0. The number of hydrogen-bond donors (Lipinski definition) is 0. The van der Waals surface area contributed by atoms with Gasteiger partial charge in [0.15, 0.2) is 0 Å². The SMILES string of the molecule is Cl.[CaH2].[CaH2].[CaH2].[CaH2].[CaH2].[CaH2].[CaH2].[CaH2]. The van der Waals surface area contributed by atoms with E-state index in [0.717, 1.165) is 0 Å². The first-order chi connectivity index (χ1) is 0. The third-order valence-corrected chi connectivity index (χ3v) is 0. The molecule has 0 bridgehead atoms. The summed E-state index contributed by atoms with van der Waals surface area (Å²) < 4.78 is 0. The molecule has 0 radical (unpaired) electrons. The normalized spacial score (nSPS) is 0. The van der Waals surface area contributed by atoms with Gasteiger partial charge >= 0.3 is 302 Å². The molecule has 0 nitrogen and oxygen atoms in total. The molecule has 0 heterocycles. The molecule has 0 saturated heterocycles. The van der Waals surface area contributed by atoms with Crippen molar-refractivity contribution in [2.75, 3.05) is 0 Å². The zero-order chi connectivity index (χ0) is 0. The maximum absolute atomic E-state index is 0. The van der Waals surface area contributed by atoms with Crippen LogP contribution in [0.5, 0.6) is 0 Å². The molecule has 0 aromatic heterocycles. The van der Waals surface area contributed by atoms with Crippen LogP contribution in [0.25, 0.3) is 0 Å². The van der Waals surface area contributed by atoms with E-state index in [0.29, 0.717) is 0 Å². The Hall–Kier alpha value is 10.4. The van der Waals surface area contributed by atoms with Crippen LogP contribution in [-0.4, -0.2) is 302 Å². The fourth-order valence-electron chi connectivity index (χ4n) is 0. The first-order valence-corrected chi connectivity index (χ1v) is 0. The van der Waals surface area contributed by atoms with Crippen molar-refractivity contribution in [3.63, 3.8) is 0 Å². The minimum absolute atomic E-state index is 0. The summed E-state index contributed by atoms with van der Waals surface area (Å²) in [6.45, 7) is 0. The Morgan fingerprint density at radius 3 is 0.222 bits per heavy atom. The summed E-state index contributed by atoms with van der Waals surface area (Å²) in [6, 6.07) is 0. The van der Waals surface area contributed by atoms with Gasteiger partial charge in [0.1, 0.15) is 0 Å². The van der Waals surface area contributed by atoms with Crippen molar-refractivity contribution in [2.45, 2.75) is 0 Å². The number of rotatable bonds is 0. The summed E-state index contributed by atoms with van der Waals surface area (Å²) in [5.74, 6) is 0. The van der Waals surface area contributed by atoms with E-state index in [2.05, 4.69) is 0 Å². The topological polar surface area (TPSA) is 0 Å². The van der Waals surface area contributed by atoms with Crippen LogP contribution in [0.4, 0.5) is 0 Å². The molecule has 0 atom stereocenters. The standard InChI is InChI=1S/8Ca.ClH.16H/h;;;;;;;;1H;;;;;;;;;;;;;;;;. The van der Waals surface area contributed by atoms with Gasteiger partial charge in [0.05, 0.1) is 0 Å². The van der Waals surface area contributed by atoms with Crippen LogP contribution in [0.15, 0.2) is 0 Å². The van der Waals surface area contributed by atoms with E-state index < -0.39 is 0 Å². The summed E-state index contributed by atoms with van der Waals surface area (Å²) in [5.41, 5.74) is 0. The second-order valence-electron chi connectivity index (χ2n) is 0. The summed E-state index contributed by atoms with van der Waals surface area (Å²) >= 11 is 0. The van der Waals surface area contributed by atoms with Crippen LogP contribution in [0.2, 0.25) is 0 Å². The first kappa shape index (κ1) is 60.8. The quantitative estimate of drug-likeness (QED) is 0.371. The molecule has 40 valence electrons. The zero-order valence-electron chi connectivity index (χ0n) is 0.408. The molecule has 9 heavy (non-hydrogen) atoms. The van der Waals surface area contributed by atoms with E-state index in [-0.39, 0.29) is 314 Å². The van der Waals surface area contributed by atoms with Gasteiger partial charge in [-0.2, -0.15) is 0 Å². The van der Waals surface area contributed by atoms with Crippen molar-refractivity contribution in [3.05, 3.63) is 0 Å². The van der Waals surface area contributed by atoms with Crippen LogP contribution in [0.3, 0.4) is 0 Å². The molecule has 0 saturated carbocycles. The number of hydrogen-bond acceptors (Lipinski definition) is 0. The van der Waals surface area contributed by atoms with Crippen LogP contribution in [0.1, 0.15) is 0 Å². The fourth-order valence-corrected chi connectivity index (χ4v) is 0. The molecule has 9 heteroatoms. The summed E-state index contributed by atoms with van der Waals surface area (Å²) in [6.07, 6.45) is 0. The zero-order valence-corrected chi connectivity index (χ0v) is 1.22. The molecular weight excluding hydrogens is 356 g/mol. The van der Waals surface area contributed by atoms with Crippen molar-refractivity contribution in [2.24, 2.45) is 0 Å². The maximum atomic E-state index is 0. The van der Waals surface area contributed by atoms with E-state index in [1.807, 2.05) is 0 Å². The van der Waals surface area contributed by atoms with Crippen molar-refractivity contribution >= 4 is 314 Å². The molecule has 0 rings (SSSR count). The molecular formula is H17Ca8Cl. The molecule has 0 aliphatic carbocycles. The van der Waals surface area contributed by atoms with E-state index in [1.165, 1.54) is 0 Å². The van der Waals surface area contributed by atoms with Crippen LogP contribution in [-0.2, 0) is 0 Å². The summed E-state index contributed by atoms with van der Waals surface area (Å²) in [7, 11) is 0. The molecule has 0 amide bonds. The van der Waals surface area contributed by atoms with Crippen LogP contribution < -0.4 is 0 Å². The fraction of sp³-hybridized carbons (Fsp3) is 0. The first-order valence-electron chi connectivity index (χ1n) is 0. The monoisotopic (exact) mass is 372 g/mol. The van der Waals surface area contributed by atoms with E-state index >= 15 is 0 Å². The Labute approximate surface area is 302 Å². The van der Waals surface area contributed by atoms with Crippen molar-refractivity contribution in [1.82, 2.24) is 0 Å². The average molecular weight is 373 g/mol. The predicted octanol–water partition coefficient (Wildman–Crippen LogP) is -6.91. The second kappa shape index (κ2) is 51.5. The predicted molar refractivity (Wildman–Crippen MR) is 75.6 cm³/mol. The van der Waals surface area contributed by atoms with Gasteiger partial charge in [-0.3, -0.25) is 0 Å². The van der Waals surface area contributed by atoms with E-state index in [9.17, 15) is 0 Å². The molecule has 0 aliphatic heterocycles. The van der Waals surface area contributed by atoms with Crippen molar-refractivity contribution in [3.8, 4) is 0 Å². The Morgan fingerprint density at radius 2 is 0.222 bits per heavy atom. The average Bonchev–Trinajstić information content (AvgIpc) is 0. The summed E-state index contributed by atoms with van der Waals surface area (Å²) in [5, 5.41) is 0. The number of halogens is 1. The van der Waals surface area contributed by atoms with Gasteiger partial charge in [0, 0.05) is 0 Å². The van der Waals surface area contributed by atoms with Gasteiger partial charge in [-0.1, -0.05) is 0 Å². The van der Waals surface area contributed by atoms with Crippen molar-refractivity contribution < 1.29 is 0 Å². The van der Waals surface area contributed by atoms with Gasteiger partial charge in [0.2, 0.25) is 0 Å². The van der Waals surface area contributed by atoms with Gasteiger partial charge in [0.25, 0.3) is 0 Å². The second-order valence-corrected chi connectivity index (χ2v) is 0.